The second-order valence-electron chi connectivity index (χ2n) is 3.96. The lowest BCUT2D eigenvalue weighted by molar-refractivity contribution is 0.446. The Balaban J connectivity index is 2.79. The highest BCUT2D eigenvalue weighted by Gasteiger charge is 2.08. The number of nitrogens with zero attached hydrogens (tertiary/aromatic N) is 1. The number of pyridine rings is 1. The molecule has 0 aliphatic rings. The summed E-state index contributed by atoms with van der Waals surface area (Å²) in [5.41, 5.74) is 0.960. The van der Waals surface area contributed by atoms with Crippen LogP contribution in [-0.4, -0.2) is 9.90 Å². The van der Waals surface area contributed by atoms with Crippen molar-refractivity contribution in [2.24, 2.45) is 5.92 Å². The number of aromatic nitrogens is 1. The van der Waals surface area contributed by atoms with Gasteiger partial charge in [-0.3, -0.25) is 4.79 Å². The Labute approximate surface area is 99.4 Å². The van der Waals surface area contributed by atoms with Crippen molar-refractivity contribution in [3.8, 4) is 0 Å². The molecule has 3 heteroatoms. The summed E-state index contributed by atoms with van der Waals surface area (Å²) >= 11 is 3.50. The SMILES string of the molecule is CCCC(CBr)Cn1cccc(C)c1=O. The minimum atomic E-state index is 0.138. The molecule has 0 aliphatic carbocycles. The van der Waals surface area contributed by atoms with Gasteiger partial charge in [0.1, 0.15) is 0 Å². The summed E-state index contributed by atoms with van der Waals surface area (Å²) in [6.07, 6.45) is 4.20. The maximum Gasteiger partial charge on any atom is 0.253 e. The molecular weight excluding hydrogens is 254 g/mol. The van der Waals surface area contributed by atoms with Crippen molar-refractivity contribution in [3.05, 3.63) is 34.2 Å². The molecule has 0 N–H and O–H groups in total. The van der Waals surface area contributed by atoms with Gasteiger partial charge in [0.05, 0.1) is 0 Å². The highest BCUT2D eigenvalue weighted by atomic mass is 79.9. The average molecular weight is 272 g/mol. The van der Waals surface area contributed by atoms with Crippen LogP contribution in [0.25, 0.3) is 0 Å². The molecule has 1 heterocycles. The quantitative estimate of drug-likeness (QED) is 0.755. The molecule has 0 bridgehead atoms. The standard InChI is InChI=1S/C12H18BrNO/c1-3-5-11(8-13)9-14-7-4-6-10(2)12(14)15/h4,6-7,11H,3,5,8-9H2,1-2H3. The van der Waals surface area contributed by atoms with E-state index in [-0.39, 0.29) is 5.56 Å². The van der Waals surface area contributed by atoms with Gasteiger partial charge in [-0.25, -0.2) is 0 Å². The molecule has 1 aromatic heterocycles. The van der Waals surface area contributed by atoms with E-state index in [0.29, 0.717) is 5.92 Å². The van der Waals surface area contributed by atoms with E-state index in [1.54, 1.807) is 0 Å². The maximum atomic E-state index is 11.8. The molecule has 0 radical (unpaired) electrons. The fourth-order valence-corrected chi connectivity index (χ4v) is 2.23. The Morgan fingerprint density at radius 3 is 2.87 bits per heavy atom. The third kappa shape index (κ3) is 3.49. The molecule has 0 amide bonds. The van der Waals surface area contributed by atoms with Crippen molar-refractivity contribution >= 4 is 15.9 Å². The van der Waals surface area contributed by atoms with E-state index >= 15 is 0 Å². The first-order valence-corrected chi connectivity index (χ1v) is 6.53. The van der Waals surface area contributed by atoms with Crippen LogP contribution in [-0.2, 0) is 6.54 Å². The molecule has 1 unspecified atom stereocenters. The summed E-state index contributed by atoms with van der Waals surface area (Å²) in [7, 11) is 0. The van der Waals surface area contributed by atoms with Gasteiger partial charge in [0.2, 0.25) is 0 Å². The highest BCUT2D eigenvalue weighted by Crippen LogP contribution is 2.11. The van der Waals surface area contributed by atoms with Crippen LogP contribution in [0.3, 0.4) is 0 Å². The molecule has 0 spiro atoms. The van der Waals surface area contributed by atoms with Gasteiger partial charge < -0.3 is 4.57 Å². The van der Waals surface area contributed by atoms with Crippen molar-refractivity contribution in [2.45, 2.75) is 33.2 Å². The van der Waals surface area contributed by atoms with E-state index in [0.717, 1.165) is 30.3 Å². The number of halogens is 1. The van der Waals surface area contributed by atoms with Crippen molar-refractivity contribution < 1.29 is 0 Å². The monoisotopic (exact) mass is 271 g/mol. The third-order valence-corrected chi connectivity index (χ3v) is 3.50. The topological polar surface area (TPSA) is 22.0 Å². The Morgan fingerprint density at radius 2 is 2.27 bits per heavy atom. The Hall–Kier alpha value is -0.570. The normalized spacial score (nSPS) is 12.7. The van der Waals surface area contributed by atoms with Gasteiger partial charge in [-0.1, -0.05) is 35.3 Å². The molecule has 0 saturated heterocycles. The van der Waals surface area contributed by atoms with E-state index in [4.69, 9.17) is 0 Å². The predicted molar refractivity (Wildman–Crippen MR) is 67.6 cm³/mol. The van der Waals surface area contributed by atoms with Gasteiger partial charge >= 0.3 is 0 Å². The molecule has 0 aliphatic heterocycles. The van der Waals surface area contributed by atoms with E-state index in [2.05, 4.69) is 22.9 Å². The summed E-state index contributed by atoms with van der Waals surface area (Å²) in [4.78, 5) is 11.8. The zero-order valence-corrected chi connectivity index (χ0v) is 11.0. The predicted octanol–water partition coefficient (Wildman–Crippen LogP) is 2.97. The minimum absolute atomic E-state index is 0.138. The van der Waals surface area contributed by atoms with Crippen molar-refractivity contribution in [1.29, 1.82) is 0 Å². The molecule has 1 rings (SSSR count). The van der Waals surface area contributed by atoms with Gasteiger partial charge in [0, 0.05) is 23.6 Å². The van der Waals surface area contributed by atoms with Gasteiger partial charge in [0.15, 0.2) is 0 Å². The molecule has 0 fully saturated rings. The van der Waals surface area contributed by atoms with Crippen LogP contribution in [0.4, 0.5) is 0 Å². The lowest BCUT2D eigenvalue weighted by Crippen LogP contribution is -2.25. The fourth-order valence-electron chi connectivity index (χ4n) is 1.70. The van der Waals surface area contributed by atoms with Crippen LogP contribution in [0.1, 0.15) is 25.3 Å². The number of hydrogen-bond donors (Lipinski definition) is 0. The minimum Gasteiger partial charge on any atom is -0.315 e. The van der Waals surface area contributed by atoms with Gasteiger partial charge in [-0.15, -0.1) is 0 Å². The van der Waals surface area contributed by atoms with Crippen LogP contribution in [0.15, 0.2) is 23.1 Å². The van der Waals surface area contributed by atoms with Gasteiger partial charge in [-0.05, 0) is 25.3 Å². The summed E-state index contributed by atoms with van der Waals surface area (Å²) in [6.45, 7) is 4.86. The summed E-state index contributed by atoms with van der Waals surface area (Å²) in [6, 6.07) is 3.80. The van der Waals surface area contributed by atoms with Crippen molar-refractivity contribution in [2.75, 3.05) is 5.33 Å². The summed E-state index contributed by atoms with van der Waals surface area (Å²) in [5, 5.41) is 0.960. The van der Waals surface area contributed by atoms with Crippen molar-refractivity contribution in [1.82, 2.24) is 4.57 Å². The van der Waals surface area contributed by atoms with E-state index in [1.807, 2.05) is 29.8 Å². The zero-order chi connectivity index (χ0) is 11.3. The first-order valence-electron chi connectivity index (χ1n) is 5.41. The maximum absolute atomic E-state index is 11.8. The van der Waals surface area contributed by atoms with Crippen LogP contribution in [0.2, 0.25) is 0 Å². The summed E-state index contributed by atoms with van der Waals surface area (Å²) in [5.74, 6) is 0.550. The third-order valence-electron chi connectivity index (χ3n) is 2.58. The lowest BCUT2D eigenvalue weighted by Gasteiger charge is -2.14. The molecule has 1 aromatic rings. The van der Waals surface area contributed by atoms with Crippen LogP contribution in [0, 0.1) is 12.8 Å². The van der Waals surface area contributed by atoms with E-state index < -0.39 is 0 Å². The highest BCUT2D eigenvalue weighted by molar-refractivity contribution is 9.09. The number of alkyl halides is 1. The molecule has 84 valence electrons. The Morgan fingerprint density at radius 1 is 1.53 bits per heavy atom. The second-order valence-corrected chi connectivity index (χ2v) is 4.61. The molecule has 2 nitrogen and oxygen atoms in total. The van der Waals surface area contributed by atoms with Crippen molar-refractivity contribution in [3.63, 3.8) is 0 Å². The Bertz CT molecular complexity index is 359. The second kappa shape index (κ2) is 6.11. The largest absolute Gasteiger partial charge is 0.315 e. The average Bonchev–Trinajstić information content (AvgIpc) is 2.24. The first kappa shape index (κ1) is 12.5. The summed E-state index contributed by atoms with van der Waals surface area (Å²) < 4.78 is 1.82. The first-order chi connectivity index (χ1) is 7.19. The van der Waals surface area contributed by atoms with Crippen LogP contribution < -0.4 is 5.56 Å². The fraction of sp³-hybridized carbons (Fsp3) is 0.583. The van der Waals surface area contributed by atoms with Crippen LogP contribution in [0.5, 0.6) is 0 Å². The number of hydrogen-bond acceptors (Lipinski definition) is 1. The molecule has 0 saturated carbocycles. The zero-order valence-electron chi connectivity index (χ0n) is 9.37. The molecule has 15 heavy (non-hydrogen) atoms. The van der Waals surface area contributed by atoms with Gasteiger partial charge in [0.25, 0.3) is 5.56 Å². The molecule has 0 aromatic carbocycles. The lowest BCUT2D eigenvalue weighted by atomic mass is 10.1. The number of rotatable bonds is 5. The number of aryl methyl sites for hydroxylation is 1. The molecular formula is C12H18BrNO. The van der Waals surface area contributed by atoms with E-state index in [9.17, 15) is 4.79 Å². The smallest absolute Gasteiger partial charge is 0.253 e. The molecule has 1 atom stereocenters. The van der Waals surface area contributed by atoms with E-state index in [1.165, 1.54) is 0 Å². The van der Waals surface area contributed by atoms with Crippen LogP contribution >= 0.6 is 15.9 Å². The van der Waals surface area contributed by atoms with Gasteiger partial charge in [-0.2, -0.15) is 0 Å². The Kier molecular flexibility index (Phi) is 5.09.